The fraction of sp³-hybridized carbons (Fsp3) is 0.600. The number of hydrogen-bond acceptors (Lipinski definition) is 4. The normalized spacial score (nSPS) is 35.4. The summed E-state index contributed by atoms with van der Waals surface area (Å²) in [6.45, 7) is -0.211. The lowest BCUT2D eigenvalue weighted by Gasteiger charge is -2.58. The molecule has 4 aliphatic rings. The van der Waals surface area contributed by atoms with Crippen LogP contribution in [0.3, 0.4) is 0 Å². The molecule has 1 aromatic carbocycles. The van der Waals surface area contributed by atoms with Crippen LogP contribution in [0.15, 0.2) is 24.3 Å². The number of benzene rings is 1. The smallest absolute Gasteiger partial charge is 0.312 e. The third kappa shape index (κ3) is 3.05. The van der Waals surface area contributed by atoms with Crippen molar-refractivity contribution in [2.75, 3.05) is 13.7 Å². The molecule has 4 nitrogen and oxygen atoms in total. The minimum Gasteiger partial charge on any atom is -0.497 e. The highest BCUT2D eigenvalue weighted by molar-refractivity contribution is 6.24. The molecule has 0 radical (unpaired) electrons. The van der Waals surface area contributed by atoms with Gasteiger partial charge in [0.05, 0.1) is 12.5 Å². The van der Waals surface area contributed by atoms with Gasteiger partial charge in [0.25, 0.3) is 0 Å². The first-order chi connectivity index (χ1) is 11.9. The minimum absolute atomic E-state index is 0.193. The number of alkyl halides is 1. The molecule has 134 valence electrons. The molecule has 4 saturated carbocycles. The van der Waals surface area contributed by atoms with Gasteiger partial charge in [0.15, 0.2) is 12.4 Å². The quantitative estimate of drug-likeness (QED) is 0.451. The van der Waals surface area contributed by atoms with E-state index in [1.54, 1.807) is 31.4 Å². The van der Waals surface area contributed by atoms with Gasteiger partial charge in [-0.25, -0.2) is 0 Å². The number of carbonyl (C=O) groups is 2. The van der Waals surface area contributed by atoms with Crippen molar-refractivity contribution in [2.24, 2.45) is 17.3 Å². The number of methoxy groups -OCH3 is 1. The van der Waals surface area contributed by atoms with E-state index in [2.05, 4.69) is 0 Å². The van der Waals surface area contributed by atoms with E-state index in [9.17, 15) is 9.59 Å². The summed E-state index contributed by atoms with van der Waals surface area (Å²) in [6, 6.07) is 6.83. The number of carbonyl (C=O) groups excluding carboxylic acids is 2. The molecule has 1 aromatic rings. The Morgan fingerprint density at radius 1 is 1.12 bits per heavy atom. The lowest BCUT2D eigenvalue weighted by Crippen LogP contribution is -2.56. The number of hydrogen-bond donors (Lipinski definition) is 0. The maximum absolute atomic E-state index is 12.8. The van der Waals surface area contributed by atoms with Crippen LogP contribution in [0.1, 0.15) is 48.9 Å². The van der Waals surface area contributed by atoms with Crippen LogP contribution in [-0.4, -0.2) is 30.3 Å². The van der Waals surface area contributed by atoms with Gasteiger partial charge in [-0.3, -0.25) is 9.59 Å². The van der Waals surface area contributed by atoms with Crippen LogP contribution in [0.2, 0.25) is 0 Å². The monoisotopic (exact) mass is 362 g/mol. The van der Waals surface area contributed by atoms with E-state index >= 15 is 0 Å². The van der Waals surface area contributed by atoms with Gasteiger partial charge in [0, 0.05) is 10.4 Å². The van der Waals surface area contributed by atoms with Crippen molar-refractivity contribution in [2.45, 2.75) is 43.4 Å². The Morgan fingerprint density at radius 3 is 2.32 bits per heavy atom. The van der Waals surface area contributed by atoms with Gasteiger partial charge in [0.1, 0.15) is 5.75 Å². The summed E-state index contributed by atoms with van der Waals surface area (Å²) in [5.74, 6) is 1.33. The summed E-state index contributed by atoms with van der Waals surface area (Å²) in [7, 11) is 1.58. The van der Waals surface area contributed by atoms with Crippen molar-refractivity contribution in [1.29, 1.82) is 0 Å². The Balaban J connectivity index is 1.41. The zero-order chi connectivity index (χ0) is 17.7. The van der Waals surface area contributed by atoms with Gasteiger partial charge in [-0.15, -0.1) is 11.6 Å². The summed E-state index contributed by atoms with van der Waals surface area (Å²) in [5.41, 5.74) is 0.0550. The third-order valence-electron chi connectivity index (χ3n) is 6.17. The SMILES string of the molecule is COc1ccc(C(=O)COC(=O)C23C[C@H]4C[C@@H](CC(Cl)(C4)C2)C3)cc1. The molecule has 5 heteroatoms. The maximum atomic E-state index is 12.8. The van der Waals surface area contributed by atoms with Gasteiger partial charge in [-0.2, -0.15) is 0 Å². The Kier molecular flexibility index (Phi) is 4.06. The number of esters is 1. The van der Waals surface area contributed by atoms with Crippen LogP contribution in [0.5, 0.6) is 5.75 Å². The molecule has 5 rings (SSSR count). The second-order valence-electron chi connectivity index (χ2n) is 8.12. The zero-order valence-corrected chi connectivity index (χ0v) is 15.2. The van der Waals surface area contributed by atoms with Gasteiger partial charge in [-0.05, 0) is 74.6 Å². The Labute approximate surface area is 152 Å². The van der Waals surface area contributed by atoms with Crippen LogP contribution in [0.4, 0.5) is 0 Å². The standard InChI is InChI=1S/C20H23ClO4/c1-24-16-4-2-15(3-5-16)17(22)11-25-18(23)19-7-13-6-14(8-19)10-20(21,9-13)12-19/h2-5,13-14H,6-12H2,1H3/t13-,14-,19?,20?/m1/s1. The Hall–Kier alpha value is -1.55. The van der Waals surface area contributed by atoms with Gasteiger partial charge in [-0.1, -0.05) is 0 Å². The summed E-state index contributed by atoms with van der Waals surface area (Å²) >= 11 is 6.77. The van der Waals surface area contributed by atoms with E-state index in [0.717, 1.165) is 25.7 Å². The second-order valence-corrected chi connectivity index (χ2v) is 8.92. The average molecular weight is 363 g/mol. The number of halogens is 1. The van der Waals surface area contributed by atoms with Crippen LogP contribution in [0, 0.1) is 17.3 Å². The summed E-state index contributed by atoms with van der Waals surface area (Å²) in [4.78, 5) is 24.9. The van der Waals surface area contributed by atoms with Crippen molar-refractivity contribution in [3.8, 4) is 5.75 Å². The molecular formula is C20H23ClO4. The molecule has 0 aromatic heterocycles. The highest BCUT2D eigenvalue weighted by Crippen LogP contribution is 2.64. The Morgan fingerprint density at radius 2 is 1.76 bits per heavy atom. The van der Waals surface area contributed by atoms with E-state index < -0.39 is 5.41 Å². The fourth-order valence-electron chi connectivity index (χ4n) is 5.53. The lowest BCUT2D eigenvalue weighted by atomic mass is 9.49. The first kappa shape index (κ1) is 16.9. The highest BCUT2D eigenvalue weighted by Gasteiger charge is 2.60. The van der Waals surface area contributed by atoms with Crippen molar-refractivity contribution in [1.82, 2.24) is 0 Å². The van der Waals surface area contributed by atoms with E-state index in [-0.39, 0.29) is 23.2 Å². The zero-order valence-electron chi connectivity index (χ0n) is 14.4. The van der Waals surface area contributed by atoms with E-state index in [0.29, 0.717) is 29.6 Å². The van der Waals surface area contributed by atoms with Crippen molar-refractivity contribution in [3.63, 3.8) is 0 Å². The van der Waals surface area contributed by atoms with Crippen LogP contribution >= 0.6 is 11.6 Å². The van der Waals surface area contributed by atoms with Gasteiger partial charge >= 0.3 is 5.97 Å². The van der Waals surface area contributed by atoms with E-state index in [1.165, 1.54) is 6.42 Å². The summed E-state index contributed by atoms with van der Waals surface area (Å²) < 4.78 is 10.6. The van der Waals surface area contributed by atoms with E-state index in [4.69, 9.17) is 21.1 Å². The third-order valence-corrected chi connectivity index (χ3v) is 6.61. The van der Waals surface area contributed by atoms with Crippen molar-refractivity contribution in [3.05, 3.63) is 29.8 Å². The molecule has 0 N–H and O–H groups in total. The fourth-order valence-corrected chi connectivity index (χ4v) is 6.23. The molecule has 0 amide bonds. The average Bonchev–Trinajstić information content (AvgIpc) is 2.57. The predicted molar refractivity (Wildman–Crippen MR) is 94.0 cm³/mol. The second kappa shape index (κ2) is 6.01. The molecule has 0 saturated heterocycles. The predicted octanol–water partition coefficient (Wildman–Crippen LogP) is 4.00. The molecule has 0 spiro atoms. The molecule has 4 aliphatic carbocycles. The van der Waals surface area contributed by atoms with Crippen molar-refractivity contribution >= 4 is 23.4 Å². The van der Waals surface area contributed by atoms with Crippen LogP contribution < -0.4 is 4.74 Å². The van der Waals surface area contributed by atoms with Gasteiger partial charge < -0.3 is 9.47 Å². The van der Waals surface area contributed by atoms with Crippen LogP contribution in [-0.2, 0) is 9.53 Å². The lowest BCUT2D eigenvalue weighted by molar-refractivity contribution is -0.168. The molecular weight excluding hydrogens is 340 g/mol. The molecule has 25 heavy (non-hydrogen) atoms. The molecule has 4 bridgehead atoms. The number of ether oxygens (including phenoxy) is 2. The maximum Gasteiger partial charge on any atom is 0.312 e. The molecule has 0 aliphatic heterocycles. The van der Waals surface area contributed by atoms with Crippen molar-refractivity contribution < 1.29 is 19.1 Å². The molecule has 0 unspecified atom stereocenters. The topological polar surface area (TPSA) is 52.6 Å². The summed E-state index contributed by atoms with van der Waals surface area (Å²) in [6.07, 6.45) is 5.66. The summed E-state index contributed by atoms with van der Waals surface area (Å²) in [5, 5.41) is 0. The largest absolute Gasteiger partial charge is 0.497 e. The van der Waals surface area contributed by atoms with E-state index in [1.807, 2.05) is 0 Å². The number of Topliss-reactive ketones (excluding diaryl/α,β-unsaturated/α-hetero) is 1. The minimum atomic E-state index is -0.466. The molecule has 4 fully saturated rings. The Bertz CT molecular complexity index is 682. The van der Waals surface area contributed by atoms with Crippen LogP contribution in [0.25, 0.3) is 0 Å². The first-order valence-electron chi connectivity index (χ1n) is 8.95. The number of rotatable bonds is 5. The molecule has 0 heterocycles. The highest BCUT2D eigenvalue weighted by atomic mass is 35.5. The first-order valence-corrected chi connectivity index (χ1v) is 9.33. The molecule has 2 atom stereocenters. The number of ketones is 1. The van der Waals surface area contributed by atoms with Gasteiger partial charge in [0.2, 0.25) is 0 Å².